The average molecular weight is 399 g/mol. The fraction of sp³-hybridized carbons (Fsp3) is 0.318. The molecule has 1 heterocycles. The normalized spacial score (nSPS) is 15.8. The molecular weight excluding hydrogens is 372 g/mol. The van der Waals surface area contributed by atoms with Gasteiger partial charge in [-0.05, 0) is 17.7 Å². The Morgan fingerprint density at radius 3 is 2.14 bits per heavy atom. The van der Waals surface area contributed by atoms with Gasteiger partial charge in [0, 0.05) is 39.1 Å². The van der Waals surface area contributed by atoms with Crippen LogP contribution in [-0.4, -0.2) is 62.6 Å². The van der Waals surface area contributed by atoms with Crippen molar-refractivity contribution in [3.05, 3.63) is 72.3 Å². The summed E-state index contributed by atoms with van der Waals surface area (Å²) in [6.07, 6.45) is 4.27. The highest BCUT2D eigenvalue weighted by atomic mass is 32.2. The lowest BCUT2D eigenvalue weighted by atomic mass is 10.2. The van der Waals surface area contributed by atoms with Gasteiger partial charge in [0.05, 0.1) is 10.6 Å². The van der Waals surface area contributed by atoms with Gasteiger partial charge in [-0.3, -0.25) is 9.69 Å². The van der Waals surface area contributed by atoms with E-state index in [1.165, 1.54) is 5.56 Å². The third-order valence-electron chi connectivity index (χ3n) is 4.89. The Labute approximate surface area is 167 Å². The zero-order chi connectivity index (χ0) is 19.8. The Balaban J connectivity index is 1.42. The molecule has 1 aliphatic heterocycles. The first-order chi connectivity index (χ1) is 13.5. The summed E-state index contributed by atoms with van der Waals surface area (Å²) in [6.45, 7) is 3.73. The Morgan fingerprint density at radius 1 is 0.893 bits per heavy atom. The fourth-order valence-electron chi connectivity index (χ4n) is 3.21. The summed E-state index contributed by atoms with van der Waals surface area (Å²) < 4.78 is 24.6. The molecule has 0 radical (unpaired) electrons. The molecule has 0 unspecified atom stereocenters. The van der Waals surface area contributed by atoms with Crippen LogP contribution in [0, 0.1) is 0 Å². The molecule has 3 rings (SSSR count). The lowest BCUT2D eigenvalue weighted by Gasteiger charge is -2.34. The van der Waals surface area contributed by atoms with Crippen LogP contribution >= 0.6 is 0 Å². The van der Waals surface area contributed by atoms with Crippen LogP contribution in [-0.2, 0) is 14.6 Å². The van der Waals surface area contributed by atoms with E-state index in [1.807, 2.05) is 18.2 Å². The van der Waals surface area contributed by atoms with Crippen molar-refractivity contribution >= 4 is 21.8 Å². The molecule has 0 bridgehead atoms. The van der Waals surface area contributed by atoms with Crippen LogP contribution in [0.2, 0.25) is 0 Å². The fourth-order valence-corrected chi connectivity index (χ4v) is 4.46. The lowest BCUT2D eigenvalue weighted by molar-refractivity contribution is -0.132. The molecule has 1 fully saturated rings. The van der Waals surface area contributed by atoms with Crippen LogP contribution in [0.15, 0.2) is 71.6 Å². The zero-order valence-corrected chi connectivity index (χ0v) is 16.7. The number of carbonyl (C=O) groups excluding carboxylic acids is 1. The van der Waals surface area contributed by atoms with Gasteiger partial charge in [-0.2, -0.15) is 0 Å². The SMILES string of the molecule is O=C(CCS(=O)(=O)c1ccccc1)N1CCN(C/C=C/c2ccccc2)CC1. The lowest BCUT2D eigenvalue weighted by Crippen LogP contribution is -2.48. The van der Waals surface area contributed by atoms with Gasteiger partial charge in [-0.1, -0.05) is 60.7 Å². The number of rotatable bonds is 7. The monoisotopic (exact) mass is 398 g/mol. The highest BCUT2D eigenvalue weighted by Crippen LogP contribution is 2.13. The molecule has 2 aromatic carbocycles. The van der Waals surface area contributed by atoms with Crippen molar-refractivity contribution in [2.24, 2.45) is 0 Å². The standard InChI is InChI=1S/C22H26N2O3S/c25-22(13-19-28(26,27)21-11-5-2-6-12-21)24-17-15-23(16-18-24)14-7-10-20-8-3-1-4-9-20/h1-12H,13-19H2/b10-7+. The van der Waals surface area contributed by atoms with Crippen LogP contribution in [0.1, 0.15) is 12.0 Å². The molecule has 2 aromatic rings. The van der Waals surface area contributed by atoms with Crippen molar-refractivity contribution in [1.29, 1.82) is 0 Å². The van der Waals surface area contributed by atoms with Gasteiger partial charge in [0.15, 0.2) is 9.84 Å². The number of benzene rings is 2. The molecule has 1 saturated heterocycles. The average Bonchev–Trinajstić information content (AvgIpc) is 2.74. The molecule has 0 aliphatic carbocycles. The van der Waals surface area contributed by atoms with E-state index in [4.69, 9.17) is 0 Å². The number of hydrogen-bond donors (Lipinski definition) is 0. The third kappa shape index (κ3) is 5.78. The maximum Gasteiger partial charge on any atom is 0.223 e. The van der Waals surface area contributed by atoms with Crippen molar-refractivity contribution in [1.82, 2.24) is 9.80 Å². The summed E-state index contributed by atoms with van der Waals surface area (Å²) in [7, 11) is -3.41. The van der Waals surface area contributed by atoms with Crippen LogP contribution in [0.3, 0.4) is 0 Å². The van der Waals surface area contributed by atoms with Gasteiger partial charge in [0.25, 0.3) is 0 Å². The van der Waals surface area contributed by atoms with Crippen LogP contribution < -0.4 is 0 Å². The first kappa shape index (κ1) is 20.3. The first-order valence-electron chi connectivity index (χ1n) is 9.54. The Kier molecular flexibility index (Phi) is 7.01. The van der Waals surface area contributed by atoms with Gasteiger partial charge in [0.1, 0.15) is 0 Å². The van der Waals surface area contributed by atoms with E-state index >= 15 is 0 Å². The number of carbonyl (C=O) groups is 1. The van der Waals surface area contributed by atoms with E-state index in [0.717, 1.165) is 19.6 Å². The van der Waals surface area contributed by atoms with Crippen LogP contribution in [0.4, 0.5) is 0 Å². The van der Waals surface area contributed by atoms with Crippen molar-refractivity contribution in [2.75, 3.05) is 38.5 Å². The molecule has 0 aromatic heterocycles. The predicted molar refractivity (Wildman–Crippen MR) is 112 cm³/mol. The number of piperazine rings is 1. The molecule has 0 N–H and O–H groups in total. The van der Waals surface area contributed by atoms with Crippen LogP contribution in [0.25, 0.3) is 6.08 Å². The van der Waals surface area contributed by atoms with E-state index in [1.54, 1.807) is 35.2 Å². The van der Waals surface area contributed by atoms with E-state index < -0.39 is 9.84 Å². The Morgan fingerprint density at radius 2 is 1.50 bits per heavy atom. The van der Waals surface area contributed by atoms with Gasteiger partial charge >= 0.3 is 0 Å². The van der Waals surface area contributed by atoms with E-state index in [2.05, 4.69) is 29.2 Å². The summed E-state index contributed by atoms with van der Waals surface area (Å²) in [4.78, 5) is 16.8. The molecule has 1 aliphatic rings. The maximum atomic E-state index is 12.4. The molecule has 0 spiro atoms. The summed E-state index contributed by atoms with van der Waals surface area (Å²) in [5, 5.41) is 0. The van der Waals surface area contributed by atoms with Gasteiger partial charge in [-0.15, -0.1) is 0 Å². The van der Waals surface area contributed by atoms with Crippen molar-refractivity contribution in [3.63, 3.8) is 0 Å². The maximum absolute atomic E-state index is 12.4. The topological polar surface area (TPSA) is 57.7 Å². The molecule has 0 saturated carbocycles. The van der Waals surface area contributed by atoms with Gasteiger partial charge in [0.2, 0.25) is 5.91 Å². The molecule has 5 nitrogen and oxygen atoms in total. The van der Waals surface area contributed by atoms with Crippen LogP contribution in [0.5, 0.6) is 0 Å². The first-order valence-corrected chi connectivity index (χ1v) is 11.2. The molecule has 6 heteroatoms. The second-order valence-electron chi connectivity index (χ2n) is 6.88. The molecule has 148 valence electrons. The molecular formula is C22H26N2O3S. The highest BCUT2D eigenvalue weighted by molar-refractivity contribution is 7.91. The van der Waals surface area contributed by atoms with Gasteiger partial charge in [-0.25, -0.2) is 8.42 Å². The minimum atomic E-state index is -3.41. The van der Waals surface area contributed by atoms with Gasteiger partial charge < -0.3 is 4.90 Å². The molecule has 28 heavy (non-hydrogen) atoms. The Bertz CT molecular complexity index is 888. The largest absolute Gasteiger partial charge is 0.340 e. The van der Waals surface area contributed by atoms with E-state index in [-0.39, 0.29) is 23.0 Å². The van der Waals surface area contributed by atoms with E-state index in [9.17, 15) is 13.2 Å². The second-order valence-corrected chi connectivity index (χ2v) is 8.99. The quantitative estimate of drug-likeness (QED) is 0.720. The number of nitrogens with zero attached hydrogens (tertiary/aromatic N) is 2. The Hall–Kier alpha value is -2.44. The summed E-state index contributed by atoms with van der Waals surface area (Å²) in [6, 6.07) is 18.5. The second kappa shape index (κ2) is 9.66. The van der Waals surface area contributed by atoms with Crippen molar-refractivity contribution < 1.29 is 13.2 Å². The molecule has 0 atom stereocenters. The smallest absolute Gasteiger partial charge is 0.223 e. The number of sulfone groups is 1. The highest BCUT2D eigenvalue weighted by Gasteiger charge is 2.23. The summed E-state index contributed by atoms with van der Waals surface area (Å²) in [5.74, 6) is -0.227. The number of hydrogen-bond acceptors (Lipinski definition) is 4. The third-order valence-corrected chi connectivity index (χ3v) is 6.62. The minimum absolute atomic E-state index is 0.0329. The molecule has 1 amide bonds. The van der Waals surface area contributed by atoms with Crippen molar-refractivity contribution in [2.45, 2.75) is 11.3 Å². The minimum Gasteiger partial charge on any atom is -0.340 e. The van der Waals surface area contributed by atoms with E-state index in [0.29, 0.717) is 13.1 Å². The zero-order valence-electron chi connectivity index (χ0n) is 15.9. The predicted octanol–water partition coefficient (Wildman–Crippen LogP) is 2.71. The number of amides is 1. The summed E-state index contributed by atoms with van der Waals surface area (Å²) >= 11 is 0. The van der Waals surface area contributed by atoms with Crippen molar-refractivity contribution in [3.8, 4) is 0 Å². The summed E-state index contributed by atoms with van der Waals surface area (Å²) in [5.41, 5.74) is 1.18.